The average molecular weight is 353 g/mol. The molecule has 8 heteroatoms. The molecule has 0 bridgehead atoms. The first kappa shape index (κ1) is 17.8. The molecule has 1 aromatic carbocycles. The van der Waals surface area contributed by atoms with Crippen LogP contribution in [0.15, 0.2) is 46.5 Å². The highest BCUT2D eigenvalue weighted by Gasteiger charge is 2.10. The molecule has 1 unspecified atom stereocenters. The van der Waals surface area contributed by atoms with Gasteiger partial charge in [0.15, 0.2) is 0 Å². The van der Waals surface area contributed by atoms with Gasteiger partial charge in [0.2, 0.25) is 11.9 Å². The molecule has 3 N–H and O–H groups in total. The van der Waals surface area contributed by atoms with E-state index >= 15 is 0 Å². The van der Waals surface area contributed by atoms with Crippen LogP contribution < -0.4 is 11.1 Å². The van der Waals surface area contributed by atoms with E-state index in [4.69, 9.17) is 5.73 Å². The second-order valence-corrected chi connectivity index (χ2v) is 6.25. The third-order valence-electron chi connectivity index (χ3n) is 4.06. The van der Waals surface area contributed by atoms with Gasteiger partial charge in [0.1, 0.15) is 6.54 Å². The predicted molar refractivity (Wildman–Crippen MR) is 101 cm³/mol. The van der Waals surface area contributed by atoms with E-state index in [2.05, 4.69) is 25.6 Å². The maximum atomic E-state index is 12.0. The van der Waals surface area contributed by atoms with Crippen molar-refractivity contribution in [2.75, 3.05) is 5.32 Å². The van der Waals surface area contributed by atoms with Crippen molar-refractivity contribution in [3.05, 3.63) is 42.2 Å². The summed E-state index contributed by atoms with van der Waals surface area (Å²) in [5, 5.41) is 11.0. The largest absolute Gasteiger partial charge is 0.368 e. The number of benzene rings is 1. The number of aromatic nitrogens is 3. The molecule has 3 rings (SSSR count). The number of nitrogens with one attached hydrogen (secondary N) is 1. The lowest BCUT2D eigenvalue weighted by molar-refractivity contribution is -0.116. The van der Waals surface area contributed by atoms with Crippen LogP contribution in [0.2, 0.25) is 0 Å². The van der Waals surface area contributed by atoms with Crippen LogP contribution in [0.1, 0.15) is 31.4 Å². The Hall–Kier alpha value is -3.03. The Balaban J connectivity index is 1.34. The third-order valence-corrected chi connectivity index (χ3v) is 4.06. The summed E-state index contributed by atoms with van der Waals surface area (Å²) >= 11 is 0. The molecule has 8 nitrogen and oxygen atoms in total. The maximum absolute atomic E-state index is 12.0. The zero-order valence-electron chi connectivity index (χ0n) is 14.6. The van der Waals surface area contributed by atoms with Crippen molar-refractivity contribution in [2.24, 2.45) is 15.7 Å². The highest BCUT2D eigenvalue weighted by Crippen LogP contribution is 2.11. The lowest BCUT2D eigenvalue weighted by atomic mass is 10.1. The molecule has 1 aliphatic rings. The number of aliphatic imine (C=N–C) groups is 2. The fourth-order valence-electron chi connectivity index (χ4n) is 2.77. The average Bonchev–Trinajstić information content (AvgIpc) is 3.24. The fourth-order valence-corrected chi connectivity index (χ4v) is 2.77. The second-order valence-electron chi connectivity index (χ2n) is 6.25. The van der Waals surface area contributed by atoms with Crippen LogP contribution >= 0.6 is 0 Å². The maximum Gasteiger partial charge on any atom is 0.246 e. The number of para-hydroxylation sites is 1. The molecule has 1 amide bonds. The number of rotatable bonds is 9. The van der Waals surface area contributed by atoms with E-state index in [-0.39, 0.29) is 18.5 Å². The van der Waals surface area contributed by atoms with E-state index in [1.54, 1.807) is 10.9 Å². The van der Waals surface area contributed by atoms with Gasteiger partial charge in [-0.05, 0) is 31.4 Å². The standard InChI is InChI=1S/C18H23N7O/c19-18-20-11-15(22-18)9-5-2-6-10-16-12-25(24-23-16)13-17(26)21-14-7-3-1-4-8-14/h1,3-4,7-8,11-12,15H,2,5-6,9-10,13H2,(H2,19,22)(H,21,26). The molecule has 2 aromatic rings. The summed E-state index contributed by atoms with van der Waals surface area (Å²) in [4.78, 5) is 20.2. The summed E-state index contributed by atoms with van der Waals surface area (Å²) in [6.45, 7) is 0.155. The summed E-state index contributed by atoms with van der Waals surface area (Å²) in [6.07, 6.45) is 8.64. The molecule has 0 saturated carbocycles. The number of aryl methyl sites for hydroxylation is 1. The molecule has 26 heavy (non-hydrogen) atoms. The molecule has 0 saturated heterocycles. The van der Waals surface area contributed by atoms with E-state index in [9.17, 15) is 4.79 Å². The molecule has 1 atom stereocenters. The highest BCUT2D eigenvalue weighted by molar-refractivity contribution is 5.93. The lowest BCUT2D eigenvalue weighted by Gasteiger charge is -2.04. The van der Waals surface area contributed by atoms with Gasteiger partial charge < -0.3 is 11.1 Å². The first-order valence-corrected chi connectivity index (χ1v) is 8.80. The van der Waals surface area contributed by atoms with E-state index in [1.807, 2.05) is 36.5 Å². The SMILES string of the molecule is NC1=NC(CCCCCc2cn(CC(=O)Nc3ccccc3)nn2)C=N1. The molecular weight excluding hydrogens is 330 g/mol. The van der Waals surface area contributed by atoms with Crippen LogP contribution in [-0.2, 0) is 17.8 Å². The Morgan fingerprint density at radius 1 is 1.19 bits per heavy atom. The number of nitrogens with two attached hydrogens (primary N) is 1. The number of guanidine groups is 1. The molecule has 0 fully saturated rings. The first-order chi connectivity index (χ1) is 12.7. The van der Waals surface area contributed by atoms with Crippen molar-refractivity contribution in [2.45, 2.75) is 44.7 Å². The zero-order chi connectivity index (χ0) is 18.2. The lowest BCUT2D eigenvalue weighted by Crippen LogP contribution is -2.19. The smallest absolute Gasteiger partial charge is 0.246 e. The number of amides is 1. The summed E-state index contributed by atoms with van der Waals surface area (Å²) in [5.74, 6) is 0.258. The minimum absolute atomic E-state index is 0.120. The van der Waals surface area contributed by atoms with Crippen molar-refractivity contribution in [3.63, 3.8) is 0 Å². The van der Waals surface area contributed by atoms with Gasteiger partial charge in [-0.3, -0.25) is 4.79 Å². The van der Waals surface area contributed by atoms with E-state index in [0.29, 0.717) is 5.96 Å². The second kappa shape index (κ2) is 8.89. The molecule has 0 spiro atoms. The van der Waals surface area contributed by atoms with Gasteiger partial charge in [0.25, 0.3) is 0 Å². The van der Waals surface area contributed by atoms with Crippen LogP contribution in [0.4, 0.5) is 5.69 Å². The molecule has 2 heterocycles. The van der Waals surface area contributed by atoms with Gasteiger partial charge in [-0.1, -0.05) is 36.3 Å². The van der Waals surface area contributed by atoms with E-state index in [0.717, 1.165) is 43.5 Å². The Morgan fingerprint density at radius 3 is 2.81 bits per heavy atom. The Kier molecular flexibility index (Phi) is 6.08. The molecule has 0 radical (unpaired) electrons. The van der Waals surface area contributed by atoms with Gasteiger partial charge in [0, 0.05) is 18.1 Å². The summed E-state index contributed by atoms with van der Waals surface area (Å²) in [6, 6.07) is 9.50. The van der Waals surface area contributed by atoms with Gasteiger partial charge >= 0.3 is 0 Å². The molecule has 1 aromatic heterocycles. The van der Waals surface area contributed by atoms with Gasteiger partial charge in [-0.25, -0.2) is 14.7 Å². The van der Waals surface area contributed by atoms with Gasteiger partial charge in [0.05, 0.1) is 11.7 Å². The summed E-state index contributed by atoms with van der Waals surface area (Å²) in [5.41, 5.74) is 7.20. The number of carbonyl (C=O) groups is 1. The number of hydrogen-bond donors (Lipinski definition) is 2. The number of hydrogen-bond acceptors (Lipinski definition) is 6. The van der Waals surface area contributed by atoms with E-state index < -0.39 is 0 Å². The van der Waals surface area contributed by atoms with Crippen molar-refractivity contribution >= 4 is 23.8 Å². The van der Waals surface area contributed by atoms with E-state index in [1.165, 1.54) is 0 Å². The Morgan fingerprint density at radius 2 is 2.04 bits per heavy atom. The van der Waals surface area contributed by atoms with Crippen molar-refractivity contribution in [1.82, 2.24) is 15.0 Å². The highest BCUT2D eigenvalue weighted by atomic mass is 16.2. The molecular formula is C18H23N7O. The van der Waals surface area contributed by atoms with Crippen molar-refractivity contribution in [1.29, 1.82) is 0 Å². The minimum atomic E-state index is -0.120. The zero-order valence-corrected chi connectivity index (χ0v) is 14.6. The minimum Gasteiger partial charge on any atom is -0.368 e. The monoisotopic (exact) mass is 353 g/mol. The number of anilines is 1. The number of carbonyl (C=O) groups excluding carboxylic acids is 1. The predicted octanol–water partition coefficient (Wildman–Crippen LogP) is 1.79. The van der Waals surface area contributed by atoms with Gasteiger partial charge in [-0.2, -0.15) is 0 Å². The van der Waals surface area contributed by atoms with Crippen LogP contribution in [0, 0.1) is 0 Å². The molecule has 1 aliphatic heterocycles. The molecule has 136 valence electrons. The van der Waals surface area contributed by atoms with Crippen LogP contribution in [0.3, 0.4) is 0 Å². The topological polar surface area (TPSA) is 111 Å². The first-order valence-electron chi connectivity index (χ1n) is 8.80. The Labute approximate surface area is 152 Å². The molecule has 0 aliphatic carbocycles. The Bertz CT molecular complexity index is 782. The number of unbranched alkanes of at least 4 members (excludes halogenated alkanes) is 2. The van der Waals surface area contributed by atoms with Crippen LogP contribution in [-0.4, -0.2) is 39.1 Å². The summed E-state index contributed by atoms with van der Waals surface area (Å²) < 4.78 is 1.57. The quantitative estimate of drug-likeness (QED) is 0.669. The van der Waals surface area contributed by atoms with Crippen molar-refractivity contribution < 1.29 is 4.79 Å². The normalized spacial score (nSPS) is 15.8. The fraction of sp³-hybridized carbons (Fsp3) is 0.389. The third kappa shape index (κ3) is 5.51. The van der Waals surface area contributed by atoms with Crippen LogP contribution in [0.5, 0.6) is 0 Å². The van der Waals surface area contributed by atoms with Crippen molar-refractivity contribution in [3.8, 4) is 0 Å². The number of nitrogens with zero attached hydrogens (tertiary/aromatic N) is 5. The summed E-state index contributed by atoms with van der Waals surface area (Å²) in [7, 11) is 0. The van der Waals surface area contributed by atoms with Gasteiger partial charge in [-0.15, -0.1) is 5.10 Å². The van der Waals surface area contributed by atoms with Crippen LogP contribution in [0.25, 0.3) is 0 Å².